The average Bonchev–Trinajstić information content (AvgIpc) is 2.84. The fraction of sp³-hybridized carbons (Fsp3) is 0.920. The molecule has 0 spiro atoms. The number of hydrogen-bond acceptors (Lipinski definition) is 9. The zero-order valence-corrected chi connectivity index (χ0v) is 26.5. The van der Waals surface area contributed by atoms with Gasteiger partial charge >= 0.3 is 5.97 Å². The number of nitrogens with zero attached hydrogens (tertiary/aromatic N) is 3. The van der Waals surface area contributed by atoms with E-state index in [2.05, 4.69) is 36.2 Å². The van der Waals surface area contributed by atoms with Gasteiger partial charge in [0.25, 0.3) is 0 Å². The average molecular weight is 594 g/mol. The number of aliphatic carboxylic acids is 1. The van der Waals surface area contributed by atoms with Crippen molar-refractivity contribution in [3.63, 3.8) is 0 Å². The van der Waals surface area contributed by atoms with Crippen molar-refractivity contribution in [1.82, 2.24) is 0 Å². The normalized spacial score (nSPS) is 11.9. The van der Waals surface area contributed by atoms with Crippen LogP contribution in [-0.4, -0.2) is 106 Å². The third-order valence-corrected chi connectivity index (χ3v) is 13.1. The summed E-state index contributed by atoms with van der Waals surface area (Å²) >= 11 is 0. The third kappa shape index (κ3) is 28.0. The lowest BCUT2D eigenvalue weighted by Crippen LogP contribution is -2.44. The van der Waals surface area contributed by atoms with E-state index in [0.717, 1.165) is 18.5 Å². The first-order valence-corrected chi connectivity index (χ1v) is 20.1. The Morgan fingerprint density at radius 1 is 0.667 bits per heavy atom. The van der Waals surface area contributed by atoms with E-state index in [1.807, 2.05) is 0 Å². The molecule has 0 amide bonds. The van der Waals surface area contributed by atoms with E-state index in [9.17, 15) is 9.59 Å². The van der Waals surface area contributed by atoms with E-state index in [0.29, 0.717) is 98.3 Å². The van der Waals surface area contributed by atoms with Crippen LogP contribution < -0.4 is 0 Å². The van der Waals surface area contributed by atoms with Crippen molar-refractivity contribution in [3.05, 3.63) is 10.4 Å². The lowest BCUT2D eigenvalue weighted by Gasteiger charge is -2.34. The Kier molecular flexibility index (Phi) is 23.6. The van der Waals surface area contributed by atoms with Gasteiger partial charge in [0.05, 0.1) is 59.5 Å². The van der Waals surface area contributed by atoms with Gasteiger partial charge < -0.3 is 32.9 Å². The summed E-state index contributed by atoms with van der Waals surface area (Å²) in [7, 11) is -3.75. The number of azide groups is 1. The molecule has 12 nitrogen and oxygen atoms in total. The van der Waals surface area contributed by atoms with E-state index in [1.165, 1.54) is 0 Å². The standard InChI is InChI=1S/C25H51N3O9Si2/c1-38(2,37-39(3,4)23-7-10-25(30)31)22-6-9-24(29)8-5-12-32-14-16-34-18-20-36-21-19-35-17-15-33-13-11-27-28-26/h5-23H2,1-4H3,(H,30,31). The zero-order chi connectivity index (χ0) is 29.2. The predicted molar refractivity (Wildman–Crippen MR) is 154 cm³/mol. The summed E-state index contributed by atoms with van der Waals surface area (Å²) < 4.78 is 33.5. The molecule has 228 valence electrons. The fourth-order valence-corrected chi connectivity index (χ4v) is 12.7. The molecule has 0 aliphatic carbocycles. The number of carbonyl (C=O) groups excluding carboxylic acids is 1. The third-order valence-electron chi connectivity index (χ3n) is 5.59. The minimum absolute atomic E-state index is 0.195. The van der Waals surface area contributed by atoms with Crippen molar-refractivity contribution >= 4 is 28.4 Å². The van der Waals surface area contributed by atoms with Gasteiger partial charge in [-0.15, -0.1) is 0 Å². The minimum Gasteiger partial charge on any atom is -0.481 e. The predicted octanol–water partition coefficient (Wildman–Crippen LogP) is 4.80. The van der Waals surface area contributed by atoms with Crippen molar-refractivity contribution in [1.29, 1.82) is 0 Å². The smallest absolute Gasteiger partial charge is 0.303 e. The second-order valence-electron chi connectivity index (χ2n) is 10.4. The Hall–Kier alpha value is -1.36. The Morgan fingerprint density at radius 3 is 1.54 bits per heavy atom. The van der Waals surface area contributed by atoms with Gasteiger partial charge in [-0.3, -0.25) is 9.59 Å². The van der Waals surface area contributed by atoms with Crippen molar-refractivity contribution < 1.29 is 42.5 Å². The first-order valence-electron chi connectivity index (χ1n) is 13.9. The van der Waals surface area contributed by atoms with Crippen LogP contribution in [0.5, 0.6) is 0 Å². The number of hydrogen-bond donors (Lipinski definition) is 1. The molecule has 0 rings (SSSR count). The van der Waals surface area contributed by atoms with Gasteiger partial charge in [0.1, 0.15) is 5.78 Å². The van der Waals surface area contributed by atoms with Crippen LogP contribution >= 0.6 is 0 Å². The summed E-state index contributed by atoms with van der Waals surface area (Å²) in [5, 5.41) is 12.2. The first kappa shape index (κ1) is 37.6. The van der Waals surface area contributed by atoms with E-state index >= 15 is 0 Å². The van der Waals surface area contributed by atoms with E-state index < -0.39 is 22.6 Å². The van der Waals surface area contributed by atoms with Crippen LogP contribution in [0.1, 0.15) is 38.5 Å². The molecular weight excluding hydrogens is 542 g/mol. The summed E-state index contributed by atoms with van der Waals surface area (Å²) in [4.78, 5) is 25.6. The summed E-state index contributed by atoms with van der Waals surface area (Å²) in [6, 6.07) is 1.79. The molecule has 0 aliphatic rings. The molecule has 0 heterocycles. The van der Waals surface area contributed by atoms with Crippen LogP contribution in [0.25, 0.3) is 10.4 Å². The molecule has 0 saturated carbocycles. The molecule has 0 atom stereocenters. The van der Waals surface area contributed by atoms with Crippen molar-refractivity contribution in [2.45, 2.75) is 76.8 Å². The van der Waals surface area contributed by atoms with Crippen LogP contribution in [0.15, 0.2) is 5.11 Å². The molecule has 0 radical (unpaired) electrons. The summed E-state index contributed by atoms with van der Waals surface area (Å²) in [6.45, 7) is 13.8. The molecule has 0 fully saturated rings. The number of carbonyl (C=O) groups is 2. The number of ether oxygens (including phenoxy) is 5. The second-order valence-corrected chi connectivity index (χ2v) is 19.2. The van der Waals surface area contributed by atoms with Crippen molar-refractivity contribution in [2.75, 3.05) is 72.6 Å². The molecule has 0 aromatic rings. The van der Waals surface area contributed by atoms with Gasteiger partial charge in [-0.05, 0) is 63.1 Å². The zero-order valence-electron chi connectivity index (χ0n) is 24.5. The van der Waals surface area contributed by atoms with Gasteiger partial charge in [0, 0.05) is 37.3 Å². The number of ketones is 1. The van der Waals surface area contributed by atoms with Crippen LogP contribution in [0.2, 0.25) is 38.3 Å². The Labute approximate surface area is 235 Å². The molecule has 1 N–H and O–H groups in total. The summed E-state index contributed by atoms with van der Waals surface area (Å²) in [6.07, 6.45) is 3.51. The van der Waals surface area contributed by atoms with Crippen LogP contribution in [-0.2, 0) is 37.4 Å². The van der Waals surface area contributed by atoms with E-state index in [-0.39, 0.29) is 12.2 Å². The van der Waals surface area contributed by atoms with E-state index in [1.54, 1.807) is 0 Å². The largest absolute Gasteiger partial charge is 0.481 e. The molecule has 0 aromatic heterocycles. The van der Waals surface area contributed by atoms with Crippen LogP contribution in [0.4, 0.5) is 0 Å². The first-order chi connectivity index (χ1) is 18.6. The van der Waals surface area contributed by atoms with Crippen LogP contribution in [0.3, 0.4) is 0 Å². The Bertz CT molecular complexity index is 694. The van der Waals surface area contributed by atoms with Gasteiger partial charge in [-0.2, -0.15) is 0 Å². The molecule has 0 unspecified atom stereocenters. The topological polar surface area (TPSA) is 159 Å². The maximum Gasteiger partial charge on any atom is 0.303 e. The molecule has 0 saturated heterocycles. The lowest BCUT2D eigenvalue weighted by atomic mass is 10.1. The molecule has 0 bridgehead atoms. The summed E-state index contributed by atoms with van der Waals surface area (Å²) in [5.41, 5.74) is 8.13. The summed E-state index contributed by atoms with van der Waals surface area (Å²) in [5.74, 6) is -0.495. The lowest BCUT2D eigenvalue weighted by molar-refractivity contribution is -0.137. The maximum atomic E-state index is 12.2. The molecule has 0 aliphatic heterocycles. The number of carboxylic acids is 1. The molecule has 14 heteroatoms. The molecule has 0 aromatic carbocycles. The quantitative estimate of drug-likeness (QED) is 0.0422. The monoisotopic (exact) mass is 593 g/mol. The van der Waals surface area contributed by atoms with Gasteiger partial charge in [-0.1, -0.05) is 5.11 Å². The second kappa shape index (κ2) is 24.4. The Balaban J connectivity index is 3.52. The minimum atomic E-state index is -1.88. The number of Topliss-reactive ketones (excluding diaryl/α,β-unsaturated/α-hetero) is 1. The highest BCUT2D eigenvalue weighted by Gasteiger charge is 2.32. The highest BCUT2D eigenvalue weighted by Crippen LogP contribution is 2.25. The van der Waals surface area contributed by atoms with Gasteiger partial charge in [0.2, 0.25) is 0 Å². The van der Waals surface area contributed by atoms with Crippen molar-refractivity contribution in [2.24, 2.45) is 5.11 Å². The van der Waals surface area contributed by atoms with Gasteiger partial charge in [-0.25, -0.2) is 0 Å². The molecule has 39 heavy (non-hydrogen) atoms. The SMILES string of the molecule is C[Si](C)(CCCC(=O)O)O[Si](C)(C)CCCC(=O)CCCOCCOCCOCCOCCOCCN=[N+]=[N-]. The Morgan fingerprint density at radius 2 is 1.08 bits per heavy atom. The van der Waals surface area contributed by atoms with Crippen LogP contribution in [0, 0.1) is 0 Å². The van der Waals surface area contributed by atoms with Crippen molar-refractivity contribution in [3.8, 4) is 0 Å². The van der Waals surface area contributed by atoms with E-state index in [4.69, 9.17) is 38.4 Å². The fourth-order valence-electron chi connectivity index (χ4n) is 3.85. The molecular formula is C25H51N3O9Si2. The highest BCUT2D eigenvalue weighted by atomic mass is 28.4. The number of carboxylic acid groups (broad SMARTS) is 1. The highest BCUT2D eigenvalue weighted by molar-refractivity contribution is 6.84. The van der Waals surface area contributed by atoms with Gasteiger partial charge in [0.15, 0.2) is 16.6 Å². The maximum absolute atomic E-state index is 12.2. The number of rotatable bonds is 29.